The Balaban J connectivity index is 0.000000876. The van der Waals surface area contributed by atoms with Gasteiger partial charge in [-0.15, -0.1) is 0 Å². The number of nitrogens with zero attached hydrogens (tertiary/aromatic N) is 2. The molecule has 3 atom stereocenters. The fourth-order valence-corrected chi connectivity index (χ4v) is 6.91. The van der Waals surface area contributed by atoms with Gasteiger partial charge in [-0.3, -0.25) is 18.9 Å². The fraction of sp³-hybridized carbons (Fsp3) is 0.415. The molecule has 1 aliphatic heterocycles. The predicted molar refractivity (Wildman–Crippen MR) is 210 cm³/mol. The van der Waals surface area contributed by atoms with E-state index in [1.54, 1.807) is 14.2 Å². The van der Waals surface area contributed by atoms with E-state index in [0.717, 1.165) is 27.7 Å². The molecule has 1 unspecified atom stereocenters. The number of aromatic nitrogens is 2. The van der Waals surface area contributed by atoms with E-state index < -0.39 is 43.1 Å². The first-order valence-corrected chi connectivity index (χ1v) is 19.9. The molecule has 0 spiro atoms. The normalized spacial score (nSPS) is 16.9. The number of ether oxygens (including phenoxy) is 4. The number of aromatic amines is 1. The lowest BCUT2D eigenvalue weighted by Crippen LogP contribution is -2.38. The summed E-state index contributed by atoms with van der Waals surface area (Å²) in [5, 5.41) is 0. The van der Waals surface area contributed by atoms with E-state index >= 15 is 0 Å². The quantitative estimate of drug-likeness (QED) is 0.0757. The highest BCUT2D eigenvalue weighted by molar-refractivity contribution is 7.46. The van der Waals surface area contributed by atoms with Crippen molar-refractivity contribution in [1.29, 1.82) is 0 Å². The second-order valence-corrected chi connectivity index (χ2v) is 13.9. The summed E-state index contributed by atoms with van der Waals surface area (Å²) in [6.07, 6.45) is -0.802. The molecule has 2 heterocycles. The molecule has 1 saturated heterocycles. The van der Waals surface area contributed by atoms with E-state index in [-0.39, 0.29) is 18.6 Å². The fourth-order valence-electron chi connectivity index (χ4n) is 6.33. The van der Waals surface area contributed by atoms with Crippen molar-refractivity contribution in [1.82, 2.24) is 14.5 Å². The summed E-state index contributed by atoms with van der Waals surface area (Å²) in [6.45, 7) is 11.8. The van der Waals surface area contributed by atoms with Crippen molar-refractivity contribution in [3.63, 3.8) is 0 Å². The Kier molecular flexibility index (Phi) is 16.0. The van der Waals surface area contributed by atoms with Crippen molar-refractivity contribution in [2.24, 2.45) is 0 Å². The third-order valence-electron chi connectivity index (χ3n) is 9.31. The molecule has 0 bridgehead atoms. The first kappa shape index (κ1) is 43.2. The number of rotatable bonds is 15. The van der Waals surface area contributed by atoms with Crippen LogP contribution in [0, 0.1) is 11.8 Å². The summed E-state index contributed by atoms with van der Waals surface area (Å²) < 4.78 is 42.4. The molecule has 3 aromatic carbocycles. The summed E-state index contributed by atoms with van der Waals surface area (Å²) in [4.78, 5) is 49.6. The van der Waals surface area contributed by atoms with E-state index in [1.807, 2.05) is 85.8 Å². The molecule has 13 nitrogen and oxygen atoms in total. The van der Waals surface area contributed by atoms with Gasteiger partial charge in [0.25, 0.3) is 5.56 Å². The molecule has 5 rings (SSSR count). The summed E-state index contributed by atoms with van der Waals surface area (Å²) in [6, 6.07) is 24.2. The van der Waals surface area contributed by atoms with Gasteiger partial charge in [0.05, 0.1) is 20.8 Å². The standard InChI is InChI=1S/C35H37N2O10P.C6H15N/c1-4-5-7-10-24-22-37(34(39)36-33(24)38)32-21-30(47-48(40,41)42)31(46-32)23-45-35(25-11-8-6-9-12-25,26-13-17-28(43-2)18-14-26)27-15-19-29(44-3)20-16-27;1-4-7(5-2)6-3/h6,8-9,11-20,22,30-32H,4-5,21,23H2,1-3H3,(H,36,38,39)(H2,40,41,42);4-6H2,1-3H3/t30?,31-,32-;/m0./s1. The van der Waals surface area contributed by atoms with Crippen LogP contribution in [-0.4, -0.2) is 76.9 Å². The third kappa shape index (κ3) is 11.3. The minimum Gasteiger partial charge on any atom is -0.497 e. The Hall–Kier alpha value is -4.51. The molecule has 0 amide bonds. The zero-order chi connectivity index (χ0) is 40.0. The predicted octanol–water partition coefficient (Wildman–Crippen LogP) is 5.83. The Morgan fingerprint density at radius 2 is 1.42 bits per heavy atom. The highest BCUT2D eigenvalue weighted by Gasteiger charge is 2.45. The van der Waals surface area contributed by atoms with E-state index in [2.05, 4.69) is 42.5 Å². The lowest BCUT2D eigenvalue weighted by molar-refractivity contribution is -0.0934. The van der Waals surface area contributed by atoms with Crippen molar-refractivity contribution in [2.45, 2.75) is 71.0 Å². The minimum absolute atomic E-state index is 0.0564. The van der Waals surface area contributed by atoms with Crippen molar-refractivity contribution in [3.8, 4) is 23.3 Å². The summed E-state index contributed by atoms with van der Waals surface area (Å²) >= 11 is 0. The van der Waals surface area contributed by atoms with Crippen LogP contribution < -0.4 is 20.7 Å². The topological polar surface area (TPSA) is 162 Å². The molecule has 3 N–H and O–H groups in total. The molecule has 0 aliphatic carbocycles. The lowest BCUT2D eigenvalue weighted by Gasteiger charge is -2.37. The molecular weight excluding hydrogens is 725 g/mol. The van der Waals surface area contributed by atoms with Crippen LogP contribution in [0.3, 0.4) is 0 Å². The zero-order valence-corrected chi connectivity index (χ0v) is 33.2. The van der Waals surface area contributed by atoms with Crippen LogP contribution in [0.1, 0.15) is 75.4 Å². The number of phosphoric acid groups is 1. The maximum Gasteiger partial charge on any atom is 0.469 e. The van der Waals surface area contributed by atoms with Crippen LogP contribution in [-0.2, 0) is 24.2 Å². The smallest absolute Gasteiger partial charge is 0.469 e. The Morgan fingerprint density at radius 3 is 1.89 bits per heavy atom. The average Bonchev–Trinajstić information content (AvgIpc) is 3.58. The highest BCUT2D eigenvalue weighted by Crippen LogP contribution is 2.46. The van der Waals surface area contributed by atoms with Gasteiger partial charge in [-0.2, -0.15) is 0 Å². The Labute approximate surface area is 322 Å². The first-order chi connectivity index (χ1) is 26.4. The van der Waals surface area contributed by atoms with Crippen LogP contribution in [0.15, 0.2) is 94.6 Å². The number of methoxy groups -OCH3 is 2. The van der Waals surface area contributed by atoms with Crippen LogP contribution >= 0.6 is 7.82 Å². The van der Waals surface area contributed by atoms with Crippen molar-refractivity contribution in [2.75, 3.05) is 40.5 Å². The summed E-state index contributed by atoms with van der Waals surface area (Å²) in [5.41, 5.74) is -0.395. The van der Waals surface area contributed by atoms with E-state index in [1.165, 1.54) is 25.8 Å². The van der Waals surface area contributed by atoms with Crippen molar-refractivity contribution < 1.29 is 37.8 Å². The molecule has 1 fully saturated rings. The first-order valence-electron chi connectivity index (χ1n) is 18.4. The van der Waals surface area contributed by atoms with E-state index in [9.17, 15) is 23.9 Å². The third-order valence-corrected chi connectivity index (χ3v) is 9.85. The minimum atomic E-state index is -5.01. The number of hydrogen-bond donors (Lipinski definition) is 3. The largest absolute Gasteiger partial charge is 0.497 e. The molecule has 0 radical (unpaired) electrons. The molecule has 55 heavy (non-hydrogen) atoms. The summed E-state index contributed by atoms with van der Waals surface area (Å²) in [7, 11) is -1.86. The molecule has 1 aliphatic rings. The van der Waals surface area contributed by atoms with Crippen molar-refractivity contribution in [3.05, 3.63) is 128 Å². The monoisotopic (exact) mass is 777 g/mol. The maximum atomic E-state index is 12.9. The SMILES string of the molecule is CCCC#Cc1cn([C@@H]2CC(OP(=O)(O)O)[C@H](COC(c3ccccc3)(c3ccc(OC)cc3)c3ccc(OC)cc3)O2)c(=O)[nH]c1=O.CCN(CC)CC. The summed E-state index contributed by atoms with van der Waals surface area (Å²) in [5.74, 6) is 6.93. The molecular formula is C41H52N3O10P. The molecule has 1 aromatic heterocycles. The number of H-pyrrole nitrogens is 1. The number of unbranched alkanes of at least 4 members (excludes halogenated alkanes) is 1. The van der Waals surface area contributed by atoms with Crippen LogP contribution in [0.2, 0.25) is 0 Å². The van der Waals surface area contributed by atoms with Gasteiger partial charge in [-0.25, -0.2) is 9.36 Å². The van der Waals surface area contributed by atoms with Gasteiger partial charge in [0.15, 0.2) is 0 Å². The van der Waals surface area contributed by atoms with Crippen LogP contribution in [0.25, 0.3) is 0 Å². The van der Waals surface area contributed by atoms with Gasteiger partial charge in [0.2, 0.25) is 0 Å². The highest BCUT2D eigenvalue weighted by atomic mass is 31.2. The maximum absolute atomic E-state index is 12.9. The van der Waals surface area contributed by atoms with E-state index in [0.29, 0.717) is 17.9 Å². The average molecular weight is 778 g/mol. The number of benzene rings is 3. The second-order valence-electron chi connectivity index (χ2n) is 12.7. The second kappa shape index (κ2) is 20.4. The van der Waals surface area contributed by atoms with Crippen molar-refractivity contribution >= 4 is 7.82 Å². The van der Waals surface area contributed by atoms with Gasteiger partial charge in [0, 0.05) is 19.0 Å². The molecule has 14 heteroatoms. The van der Waals surface area contributed by atoms with Crippen LogP contribution in [0.5, 0.6) is 11.5 Å². The van der Waals surface area contributed by atoms with E-state index in [4.69, 9.17) is 23.5 Å². The van der Waals surface area contributed by atoms with Gasteiger partial charge in [-0.05, 0) is 67.0 Å². The Morgan fingerprint density at radius 1 is 0.873 bits per heavy atom. The number of hydrogen-bond acceptors (Lipinski definition) is 9. The van der Waals surface area contributed by atoms with Gasteiger partial charge < -0.3 is 33.6 Å². The zero-order valence-electron chi connectivity index (χ0n) is 32.3. The molecule has 4 aromatic rings. The number of phosphoric ester groups is 1. The van der Waals surface area contributed by atoms with Crippen LogP contribution in [0.4, 0.5) is 0 Å². The molecule has 296 valence electrons. The van der Waals surface area contributed by atoms with Gasteiger partial charge in [0.1, 0.15) is 41.1 Å². The molecule has 0 saturated carbocycles. The lowest BCUT2D eigenvalue weighted by atomic mass is 9.80. The number of nitrogens with one attached hydrogen (secondary N) is 1. The van der Waals surface area contributed by atoms with Gasteiger partial charge in [-0.1, -0.05) is 94.1 Å². The Bertz CT molecular complexity index is 1960. The van der Waals surface area contributed by atoms with Gasteiger partial charge >= 0.3 is 13.5 Å².